The minimum Gasteiger partial charge on any atom is -2.00 e. The van der Waals surface area contributed by atoms with Crippen molar-refractivity contribution in [3.63, 3.8) is 0 Å². The number of quaternary nitrogens is 2. The van der Waals surface area contributed by atoms with Crippen molar-refractivity contribution in [2.75, 3.05) is 0 Å². The normalized spacial score (nSPS) is 6.31. The number of hydrogen-bond donors (Lipinski definition) is 2. The summed E-state index contributed by atoms with van der Waals surface area (Å²) >= 11 is 0.149. The minimum atomic E-state index is 0. The maximum atomic E-state index is 2.29. The van der Waals surface area contributed by atoms with E-state index < -0.39 is 0 Å². The number of rotatable bonds is 6. The predicted molar refractivity (Wildman–Crippen MR) is 58.5 cm³/mol. The molecule has 0 saturated carbocycles. The molecule has 0 aromatic rings. The molecular formula is C8H26N2O2Sn. The van der Waals surface area contributed by atoms with Crippen molar-refractivity contribution >= 4 is 21.1 Å². The zero-order valence-electron chi connectivity index (χ0n) is 9.56. The van der Waals surface area contributed by atoms with Crippen LogP contribution in [0.1, 0.15) is 39.5 Å². The summed E-state index contributed by atoms with van der Waals surface area (Å²) in [5.41, 5.74) is 0. The molecule has 0 bridgehead atoms. The van der Waals surface area contributed by atoms with Gasteiger partial charge in [0.15, 0.2) is 0 Å². The van der Waals surface area contributed by atoms with Gasteiger partial charge >= 0.3 is 69.5 Å². The van der Waals surface area contributed by atoms with E-state index in [0.717, 1.165) is 0 Å². The van der Waals surface area contributed by atoms with Gasteiger partial charge in [0.25, 0.3) is 0 Å². The Kier molecular flexibility index (Phi) is 65.9. The summed E-state index contributed by atoms with van der Waals surface area (Å²) in [6, 6.07) is 0. The monoisotopic (exact) mass is 302 g/mol. The van der Waals surface area contributed by atoms with E-state index in [1.807, 2.05) is 0 Å². The van der Waals surface area contributed by atoms with E-state index in [2.05, 4.69) is 13.8 Å². The topological polar surface area (TPSA) is 130 Å². The zero-order chi connectivity index (χ0) is 6.95. The SMILES string of the molecule is CCC[CH2][Sn+2][CH2]CCC.[NH4+].[NH4+].[O-2].[O-2]. The van der Waals surface area contributed by atoms with Crippen LogP contribution in [0, 0.1) is 0 Å². The molecule has 0 saturated heterocycles. The van der Waals surface area contributed by atoms with E-state index in [9.17, 15) is 0 Å². The first-order valence-electron chi connectivity index (χ1n) is 4.12. The molecule has 0 aliphatic rings. The van der Waals surface area contributed by atoms with Crippen LogP contribution in [0.5, 0.6) is 0 Å². The van der Waals surface area contributed by atoms with Gasteiger partial charge in [-0.05, 0) is 0 Å². The van der Waals surface area contributed by atoms with E-state index in [1.54, 1.807) is 8.87 Å². The van der Waals surface area contributed by atoms with Gasteiger partial charge in [0.2, 0.25) is 0 Å². The second-order valence-electron chi connectivity index (χ2n) is 2.46. The van der Waals surface area contributed by atoms with Crippen LogP contribution in [-0.4, -0.2) is 21.1 Å². The van der Waals surface area contributed by atoms with Crippen LogP contribution in [0.4, 0.5) is 0 Å². The average molecular weight is 301 g/mol. The Labute approximate surface area is 92.9 Å². The van der Waals surface area contributed by atoms with Crippen molar-refractivity contribution in [3.05, 3.63) is 0 Å². The first-order valence-corrected chi connectivity index (χ1v) is 8.16. The molecule has 0 unspecified atom stereocenters. The number of unbranched alkanes of at least 4 members (excludes halogenated alkanes) is 2. The van der Waals surface area contributed by atoms with Gasteiger partial charge in [-0.25, -0.2) is 0 Å². The largest absolute Gasteiger partial charge is 2.00 e. The molecule has 0 amide bonds. The van der Waals surface area contributed by atoms with Crippen LogP contribution >= 0.6 is 0 Å². The van der Waals surface area contributed by atoms with Crippen LogP contribution in [0.15, 0.2) is 0 Å². The van der Waals surface area contributed by atoms with Gasteiger partial charge in [-0.15, -0.1) is 0 Å². The smallest absolute Gasteiger partial charge is 0.369 e. The molecule has 8 N–H and O–H groups in total. The maximum Gasteiger partial charge on any atom is -0.369 e. The van der Waals surface area contributed by atoms with Crippen molar-refractivity contribution in [3.8, 4) is 0 Å². The quantitative estimate of drug-likeness (QED) is 0.548. The fraction of sp³-hybridized carbons (Fsp3) is 1.00. The predicted octanol–water partition coefficient (Wildman–Crippen LogP) is 3.64. The Morgan fingerprint density at radius 3 is 1.31 bits per heavy atom. The molecule has 13 heavy (non-hydrogen) atoms. The molecule has 0 atom stereocenters. The summed E-state index contributed by atoms with van der Waals surface area (Å²) in [7, 11) is 0. The summed E-state index contributed by atoms with van der Waals surface area (Å²) in [5.74, 6) is 0. The fourth-order valence-corrected chi connectivity index (χ4v) is 4.89. The van der Waals surface area contributed by atoms with Crippen molar-refractivity contribution < 1.29 is 11.0 Å². The Balaban J connectivity index is -0.0000000533. The van der Waals surface area contributed by atoms with Gasteiger partial charge in [0.05, 0.1) is 0 Å². The third-order valence-electron chi connectivity index (χ3n) is 1.41. The summed E-state index contributed by atoms with van der Waals surface area (Å²) < 4.78 is 3.25. The first kappa shape index (κ1) is 29.2. The second kappa shape index (κ2) is 29.3. The fourth-order valence-electron chi connectivity index (χ4n) is 0.729. The molecule has 0 aromatic heterocycles. The van der Waals surface area contributed by atoms with Crippen molar-refractivity contribution in [1.82, 2.24) is 12.3 Å². The van der Waals surface area contributed by atoms with Crippen molar-refractivity contribution in [2.45, 2.75) is 48.4 Å². The molecule has 0 rings (SSSR count). The van der Waals surface area contributed by atoms with Gasteiger partial charge in [0.1, 0.15) is 0 Å². The molecule has 0 heterocycles. The van der Waals surface area contributed by atoms with Crippen LogP contribution in [0.25, 0.3) is 0 Å². The summed E-state index contributed by atoms with van der Waals surface area (Å²) in [4.78, 5) is 0. The third-order valence-corrected chi connectivity index (χ3v) is 5.45. The van der Waals surface area contributed by atoms with E-state index >= 15 is 0 Å². The van der Waals surface area contributed by atoms with Crippen molar-refractivity contribution in [1.29, 1.82) is 0 Å². The molecule has 4 nitrogen and oxygen atoms in total. The molecular weight excluding hydrogens is 275 g/mol. The van der Waals surface area contributed by atoms with Crippen LogP contribution < -0.4 is 12.3 Å². The molecule has 0 aliphatic carbocycles. The summed E-state index contributed by atoms with van der Waals surface area (Å²) in [6.07, 6.45) is 5.84. The third kappa shape index (κ3) is 32.5. The van der Waals surface area contributed by atoms with Gasteiger partial charge in [-0.3, -0.25) is 0 Å². The molecule has 5 heteroatoms. The van der Waals surface area contributed by atoms with E-state index in [-0.39, 0.29) is 44.4 Å². The van der Waals surface area contributed by atoms with Crippen LogP contribution in [0.3, 0.4) is 0 Å². The molecule has 0 aliphatic heterocycles. The van der Waals surface area contributed by atoms with Gasteiger partial charge in [0, 0.05) is 0 Å². The zero-order valence-corrected chi connectivity index (χ0v) is 12.4. The number of hydrogen-bond acceptors (Lipinski definition) is 0. The Morgan fingerprint density at radius 1 is 0.769 bits per heavy atom. The molecule has 84 valence electrons. The van der Waals surface area contributed by atoms with E-state index in [1.165, 1.54) is 25.7 Å². The molecule has 0 fully saturated rings. The van der Waals surface area contributed by atoms with Gasteiger partial charge in [-0.2, -0.15) is 0 Å². The van der Waals surface area contributed by atoms with Gasteiger partial charge in [-0.1, -0.05) is 0 Å². The summed E-state index contributed by atoms with van der Waals surface area (Å²) in [6.45, 7) is 4.58. The Morgan fingerprint density at radius 2 is 1.08 bits per heavy atom. The van der Waals surface area contributed by atoms with Crippen LogP contribution in [-0.2, 0) is 11.0 Å². The molecule has 0 aromatic carbocycles. The minimum absolute atomic E-state index is 0. The van der Waals surface area contributed by atoms with Crippen LogP contribution in [0.2, 0.25) is 8.87 Å². The second-order valence-corrected chi connectivity index (χ2v) is 6.74. The first-order chi connectivity index (χ1) is 4.41. The molecule has 0 spiro atoms. The Hall–Kier alpha value is 0.639. The average Bonchev–Trinajstić information content (AvgIpc) is 1.89. The Bertz CT molecular complexity index is 53.4. The van der Waals surface area contributed by atoms with Gasteiger partial charge < -0.3 is 23.3 Å². The summed E-state index contributed by atoms with van der Waals surface area (Å²) in [5, 5.41) is 0. The van der Waals surface area contributed by atoms with E-state index in [0.29, 0.717) is 0 Å². The molecule has 0 radical (unpaired) electrons. The van der Waals surface area contributed by atoms with Crippen molar-refractivity contribution in [2.24, 2.45) is 0 Å². The van der Waals surface area contributed by atoms with E-state index in [4.69, 9.17) is 0 Å². The maximum absolute atomic E-state index is 2.29. The standard InChI is InChI=1S/2C4H9.2H3N.2O.Sn/c2*1-3-4-2;;;;;/h2*1,3-4H2,2H3;2*1H3;;;/q;;;;2*-2;+2/p+2.